The molecule has 2 N–H and O–H groups in total. The Hall–Kier alpha value is -2.53. The third-order valence-corrected chi connectivity index (χ3v) is 4.56. The number of rotatable bonds is 3. The molecule has 128 valence electrons. The van der Waals surface area contributed by atoms with Crippen molar-refractivity contribution in [3.05, 3.63) is 52.5 Å². The number of nitrogens with zero attached hydrogens (tertiary/aromatic N) is 4. The number of allylic oxidation sites excluding steroid dienone is 2. The van der Waals surface area contributed by atoms with Crippen LogP contribution in [-0.4, -0.2) is 35.5 Å². The van der Waals surface area contributed by atoms with Gasteiger partial charge in [0, 0.05) is 48.4 Å². The molecule has 0 aromatic carbocycles. The van der Waals surface area contributed by atoms with E-state index in [-0.39, 0.29) is 12.0 Å². The van der Waals surface area contributed by atoms with Crippen molar-refractivity contribution in [3.8, 4) is 0 Å². The van der Waals surface area contributed by atoms with E-state index in [4.69, 9.17) is 17.3 Å². The molecule has 25 heavy (non-hydrogen) atoms. The molecule has 0 saturated carbocycles. The van der Waals surface area contributed by atoms with Gasteiger partial charge in [-0.05, 0) is 38.1 Å². The SMILES string of the molecule is CN=CC(=C(N)C1C(C)=CC=NC1C)c1cnc2ccc(Cl)nc2c1. The summed E-state index contributed by atoms with van der Waals surface area (Å²) in [6, 6.07) is 5.59. The summed E-state index contributed by atoms with van der Waals surface area (Å²) in [6.45, 7) is 4.13. The maximum absolute atomic E-state index is 6.56. The molecule has 0 amide bonds. The molecule has 6 heteroatoms. The van der Waals surface area contributed by atoms with E-state index in [2.05, 4.69) is 33.8 Å². The van der Waals surface area contributed by atoms with Crippen LogP contribution in [-0.2, 0) is 0 Å². The summed E-state index contributed by atoms with van der Waals surface area (Å²) in [5.41, 5.74) is 11.7. The first-order valence-electron chi connectivity index (χ1n) is 8.05. The van der Waals surface area contributed by atoms with E-state index in [1.807, 2.05) is 24.4 Å². The van der Waals surface area contributed by atoms with Gasteiger partial charge in [-0.3, -0.25) is 15.0 Å². The molecule has 2 aromatic heterocycles. The van der Waals surface area contributed by atoms with Crippen LogP contribution in [0, 0.1) is 5.92 Å². The molecule has 0 saturated heterocycles. The van der Waals surface area contributed by atoms with Crippen molar-refractivity contribution < 1.29 is 0 Å². The molecule has 0 spiro atoms. The summed E-state index contributed by atoms with van der Waals surface area (Å²) in [7, 11) is 1.72. The molecule has 5 nitrogen and oxygen atoms in total. The Balaban J connectivity index is 2.15. The second-order valence-electron chi connectivity index (χ2n) is 6.08. The monoisotopic (exact) mass is 353 g/mol. The molecule has 2 atom stereocenters. The van der Waals surface area contributed by atoms with E-state index < -0.39 is 0 Å². The highest BCUT2D eigenvalue weighted by atomic mass is 35.5. The molecule has 2 unspecified atom stereocenters. The van der Waals surface area contributed by atoms with Gasteiger partial charge in [-0.25, -0.2) is 4.98 Å². The fraction of sp³-hybridized carbons (Fsp3) is 0.263. The van der Waals surface area contributed by atoms with Gasteiger partial charge >= 0.3 is 0 Å². The first-order valence-corrected chi connectivity index (χ1v) is 8.43. The first-order chi connectivity index (χ1) is 12.0. The molecule has 3 heterocycles. The zero-order valence-corrected chi connectivity index (χ0v) is 15.2. The Kier molecular flexibility index (Phi) is 4.95. The number of aromatic nitrogens is 2. The van der Waals surface area contributed by atoms with Gasteiger partial charge in [-0.2, -0.15) is 0 Å². The van der Waals surface area contributed by atoms with E-state index in [1.54, 1.807) is 25.5 Å². The van der Waals surface area contributed by atoms with E-state index in [9.17, 15) is 0 Å². The molecule has 0 fully saturated rings. The fourth-order valence-corrected chi connectivity index (χ4v) is 3.27. The van der Waals surface area contributed by atoms with Crippen molar-refractivity contribution in [2.24, 2.45) is 21.6 Å². The van der Waals surface area contributed by atoms with Crippen LogP contribution in [0.2, 0.25) is 5.15 Å². The maximum atomic E-state index is 6.56. The summed E-state index contributed by atoms with van der Waals surface area (Å²) < 4.78 is 0. The number of nitrogens with two attached hydrogens (primary N) is 1. The number of hydrogen-bond donors (Lipinski definition) is 1. The smallest absolute Gasteiger partial charge is 0.129 e. The van der Waals surface area contributed by atoms with Crippen LogP contribution < -0.4 is 5.73 Å². The summed E-state index contributed by atoms with van der Waals surface area (Å²) >= 11 is 6.01. The second kappa shape index (κ2) is 7.15. The number of dihydropyridines is 1. The lowest BCUT2D eigenvalue weighted by atomic mass is 9.85. The van der Waals surface area contributed by atoms with Gasteiger partial charge in [0.25, 0.3) is 0 Å². The van der Waals surface area contributed by atoms with Crippen LogP contribution in [0.15, 0.2) is 51.7 Å². The minimum Gasteiger partial charge on any atom is -0.401 e. The quantitative estimate of drug-likeness (QED) is 0.675. The van der Waals surface area contributed by atoms with E-state index in [0.29, 0.717) is 5.15 Å². The topological polar surface area (TPSA) is 76.5 Å². The van der Waals surface area contributed by atoms with Gasteiger partial charge in [0.1, 0.15) is 5.15 Å². The summed E-state index contributed by atoms with van der Waals surface area (Å²) in [5, 5.41) is 0.433. The Bertz CT molecular complexity index is 927. The third-order valence-electron chi connectivity index (χ3n) is 4.35. The summed E-state index contributed by atoms with van der Waals surface area (Å²) in [6.07, 6.45) is 7.39. The van der Waals surface area contributed by atoms with Crippen LogP contribution >= 0.6 is 11.6 Å². The van der Waals surface area contributed by atoms with E-state index >= 15 is 0 Å². The standard InChI is InChI=1S/C19H20ClN5/c1-11-6-7-23-12(2)18(11)19(21)14(10-22-3)13-8-16-15(24-9-13)4-5-17(20)25-16/h4-10,12,18H,21H2,1-3H3. The van der Waals surface area contributed by atoms with Gasteiger partial charge in [-0.15, -0.1) is 0 Å². The maximum Gasteiger partial charge on any atom is 0.129 e. The molecule has 1 aliphatic rings. The van der Waals surface area contributed by atoms with Crippen LogP contribution in [0.25, 0.3) is 16.6 Å². The average Bonchev–Trinajstić information content (AvgIpc) is 2.58. The number of hydrogen-bond acceptors (Lipinski definition) is 5. The van der Waals surface area contributed by atoms with Crippen molar-refractivity contribution >= 4 is 40.6 Å². The largest absolute Gasteiger partial charge is 0.401 e. The molecular formula is C19H20ClN5. The van der Waals surface area contributed by atoms with Crippen LogP contribution in [0.5, 0.6) is 0 Å². The zero-order valence-electron chi connectivity index (χ0n) is 14.4. The Morgan fingerprint density at radius 3 is 2.84 bits per heavy atom. The van der Waals surface area contributed by atoms with Crippen molar-refractivity contribution in [2.75, 3.05) is 7.05 Å². The van der Waals surface area contributed by atoms with E-state index in [0.717, 1.165) is 27.9 Å². The average molecular weight is 354 g/mol. The zero-order chi connectivity index (χ0) is 18.0. The van der Waals surface area contributed by atoms with Gasteiger partial charge in [-0.1, -0.05) is 17.2 Å². The Morgan fingerprint density at radius 1 is 1.32 bits per heavy atom. The first kappa shape index (κ1) is 17.3. The molecular weight excluding hydrogens is 334 g/mol. The van der Waals surface area contributed by atoms with Gasteiger partial charge in [0.15, 0.2) is 0 Å². The van der Waals surface area contributed by atoms with Crippen molar-refractivity contribution in [2.45, 2.75) is 19.9 Å². The molecule has 0 bridgehead atoms. The number of halogens is 1. The van der Waals surface area contributed by atoms with Crippen molar-refractivity contribution in [1.29, 1.82) is 0 Å². The lowest BCUT2D eigenvalue weighted by molar-refractivity contribution is 0.572. The van der Waals surface area contributed by atoms with Gasteiger partial charge in [0.2, 0.25) is 0 Å². The molecule has 0 radical (unpaired) electrons. The van der Waals surface area contributed by atoms with Crippen molar-refractivity contribution in [3.63, 3.8) is 0 Å². The van der Waals surface area contributed by atoms with Crippen molar-refractivity contribution in [1.82, 2.24) is 9.97 Å². The Labute approximate surface area is 152 Å². The summed E-state index contributed by atoms with van der Waals surface area (Å²) in [5.74, 6) is 0.0287. The van der Waals surface area contributed by atoms with Crippen LogP contribution in [0.1, 0.15) is 19.4 Å². The number of aliphatic imine (C=N–C) groups is 2. The highest BCUT2D eigenvalue weighted by Gasteiger charge is 2.25. The number of fused-ring (bicyclic) bond motifs is 1. The predicted octanol–water partition coefficient (Wildman–Crippen LogP) is 3.69. The highest BCUT2D eigenvalue weighted by Crippen LogP contribution is 2.30. The Morgan fingerprint density at radius 2 is 2.12 bits per heavy atom. The van der Waals surface area contributed by atoms with Gasteiger partial charge in [0.05, 0.1) is 17.1 Å². The summed E-state index contributed by atoms with van der Waals surface area (Å²) in [4.78, 5) is 17.5. The third kappa shape index (κ3) is 3.46. The molecule has 1 aliphatic heterocycles. The number of pyridine rings is 2. The lowest BCUT2D eigenvalue weighted by Crippen LogP contribution is -2.27. The van der Waals surface area contributed by atoms with Crippen LogP contribution in [0.4, 0.5) is 0 Å². The second-order valence-corrected chi connectivity index (χ2v) is 6.47. The molecule has 2 aromatic rings. The lowest BCUT2D eigenvalue weighted by Gasteiger charge is -2.26. The minimum absolute atomic E-state index is 0.0287. The fourth-order valence-electron chi connectivity index (χ4n) is 3.11. The van der Waals surface area contributed by atoms with Gasteiger partial charge < -0.3 is 5.73 Å². The molecule has 3 rings (SSSR count). The normalized spacial score (nSPS) is 21.5. The van der Waals surface area contributed by atoms with E-state index in [1.165, 1.54) is 5.57 Å². The predicted molar refractivity (Wildman–Crippen MR) is 105 cm³/mol. The minimum atomic E-state index is 0.0287. The highest BCUT2D eigenvalue weighted by molar-refractivity contribution is 6.29. The molecule has 0 aliphatic carbocycles. The van der Waals surface area contributed by atoms with Crippen LogP contribution in [0.3, 0.4) is 0 Å².